The molecule has 2 aliphatic rings. The molecule has 0 saturated heterocycles. The number of rotatable bonds is 8. The molecule has 278 valence electrons. The molecule has 0 radical (unpaired) electrons. The minimum absolute atomic E-state index is 0.498. The van der Waals surface area contributed by atoms with Crippen LogP contribution in [0.15, 0.2) is 211 Å². The molecule has 1 heterocycles. The zero-order valence-electron chi connectivity index (χ0n) is 32.8. The molecule has 0 fully saturated rings. The molecule has 0 N–H and O–H groups in total. The van der Waals surface area contributed by atoms with Crippen molar-refractivity contribution < 1.29 is 4.74 Å². The largest absolute Gasteiger partial charge is 0.457 e. The van der Waals surface area contributed by atoms with E-state index in [9.17, 15) is 0 Å². The second-order valence-electron chi connectivity index (χ2n) is 15.3. The van der Waals surface area contributed by atoms with E-state index in [1.165, 1.54) is 66.8 Å². The van der Waals surface area contributed by atoms with E-state index in [1.807, 2.05) is 0 Å². The zero-order chi connectivity index (χ0) is 39.1. The Morgan fingerprint density at radius 1 is 0.466 bits per heavy atom. The highest BCUT2D eigenvalue weighted by molar-refractivity contribution is 6.17. The summed E-state index contributed by atoms with van der Waals surface area (Å²) in [6.45, 7) is 4.49. The quantitative estimate of drug-likeness (QED) is 0.142. The standard InChI is InChI=1S/C56H43NO/c1-3-16-46(43-33-31-42(32-34-43)41-29-27-40(28-30-41)39-17-6-4-7-18-39)38(2)55(44-19-8-5-9-20-44)57-45-35-36-52-54(37-45)58-53-26-15-14-25-51(53)56(52)49-23-12-10-21-47(49)48-22-11-13-24-50(48)56/h4-15,17-37H,3,16H2,1-2H3/b46-38+,57-55?. The third kappa shape index (κ3) is 5.92. The van der Waals surface area contributed by atoms with Crippen molar-refractivity contribution in [2.24, 2.45) is 4.99 Å². The van der Waals surface area contributed by atoms with Crippen LogP contribution in [0.25, 0.3) is 39.0 Å². The predicted molar refractivity (Wildman–Crippen MR) is 241 cm³/mol. The summed E-state index contributed by atoms with van der Waals surface area (Å²) in [5, 5.41) is 0. The second-order valence-corrected chi connectivity index (χ2v) is 15.3. The molecule has 8 aromatic carbocycles. The average molecular weight is 746 g/mol. The topological polar surface area (TPSA) is 21.6 Å². The molecule has 1 aliphatic heterocycles. The molecule has 0 atom stereocenters. The van der Waals surface area contributed by atoms with Crippen LogP contribution in [0.4, 0.5) is 5.69 Å². The first-order valence-corrected chi connectivity index (χ1v) is 20.4. The van der Waals surface area contributed by atoms with Gasteiger partial charge in [0.25, 0.3) is 0 Å². The maximum atomic E-state index is 6.83. The van der Waals surface area contributed by atoms with Crippen LogP contribution in [-0.4, -0.2) is 5.71 Å². The molecule has 10 rings (SSSR count). The van der Waals surface area contributed by atoms with Gasteiger partial charge in [-0.15, -0.1) is 0 Å². The Bertz CT molecular complexity index is 2800. The Balaban J connectivity index is 1.07. The lowest BCUT2D eigenvalue weighted by Crippen LogP contribution is -2.32. The number of ether oxygens (including phenoxy) is 1. The molecule has 58 heavy (non-hydrogen) atoms. The molecule has 0 unspecified atom stereocenters. The minimum Gasteiger partial charge on any atom is -0.457 e. The first-order valence-electron chi connectivity index (χ1n) is 20.4. The van der Waals surface area contributed by atoms with Crippen LogP contribution in [0.5, 0.6) is 11.5 Å². The van der Waals surface area contributed by atoms with Crippen molar-refractivity contribution in [3.63, 3.8) is 0 Å². The monoisotopic (exact) mass is 745 g/mol. The minimum atomic E-state index is -0.498. The van der Waals surface area contributed by atoms with E-state index >= 15 is 0 Å². The first kappa shape index (κ1) is 35.4. The molecule has 8 aromatic rings. The Hall–Kier alpha value is -7.03. The molecule has 0 saturated carbocycles. The normalized spacial score (nSPS) is 13.8. The van der Waals surface area contributed by atoms with Crippen LogP contribution in [0, 0.1) is 0 Å². The van der Waals surface area contributed by atoms with Gasteiger partial charge in [-0.3, -0.25) is 0 Å². The van der Waals surface area contributed by atoms with Gasteiger partial charge in [-0.1, -0.05) is 195 Å². The van der Waals surface area contributed by atoms with Crippen LogP contribution < -0.4 is 4.74 Å². The van der Waals surface area contributed by atoms with Crippen molar-refractivity contribution in [1.82, 2.24) is 0 Å². The van der Waals surface area contributed by atoms with Crippen LogP contribution in [-0.2, 0) is 5.41 Å². The van der Waals surface area contributed by atoms with Gasteiger partial charge in [0.2, 0.25) is 0 Å². The third-order valence-corrected chi connectivity index (χ3v) is 12.0. The Morgan fingerprint density at radius 2 is 0.966 bits per heavy atom. The van der Waals surface area contributed by atoms with Gasteiger partial charge in [0.15, 0.2) is 0 Å². The van der Waals surface area contributed by atoms with Gasteiger partial charge < -0.3 is 4.74 Å². The van der Waals surface area contributed by atoms with E-state index in [0.717, 1.165) is 46.9 Å². The Morgan fingerprint density at radius 3 is 1.59 bits per heavy atom. The molecule has 0 bridgehead atoms. The summed E-state index contributed by atoms with van der Waals surface area (Å²) in [6, 6.07) is 71.9. The fourth-order valence-corrected chi connectivity index (χ4v) is 9.30. The smallest absolute Gasteiger partial charge is 0.134 e. The molecule has 2 nitrogen and oxygen atoms in total. The van der Waals surface area contributed by atoms with E-state index in [4.69, 9.17) is 9.73 Å². The highest BCUT2D eigenvalue weighted by atomic mass is 16.5. The fourth-order valence-electron chi connectivity index (χ4n) is 9.30. The van der Waals surface area contributed by atoms with E-state index in [2.05, 4.69) is 214 Å². The first-order chi connectivity index (χ1) is 28.6. The number of para-hydroxylation sites is 1. The predicted octanol–water partition coefficient (Wildman–Crippen LogP) is 14.9. The summed E-state index contributed by atoms with van der Waals surface area (Å²) in [4.78, 5) is 5.50. The zero-order valence-corrected chi connectivity index (χ0v) is 32.8. The van der Waals surface area contributed by atoms with Crippen molar-refractivity contribution in [3.8, 4) is 44.9 Å². The maximum absolute atomic E-state index is 6.83. The van der Waals surface area contributed by atoms with Crippen LogP contribution in [0.3, 0.4) is 0 Å². The number of benzene rings is 8. The number of fused-ring (bicyclic) bond motifs is 9. The molecule has 2 heteroatoms. The lowest BCUT2D eigenvalue weighted by Gasteiger charge is -2.39. The lowest BCUT2D eigenvalue weighted by atomic mass is 9.66. The fraction of sp³-hybridized carbons (Fsp3) is 0.0893. The second kappa shape index (κ2) is 14.8. The van der Waals surface area contributed by atoms with Gasteiger partial charge in [0, 0.05) is 22.8 Å². The number of allylic oxidation sites excluding steroid dienone is 2. The molecule has 0 amide bonds. The van der Waals surface area contributed by atoms with Gasteiger partial charge in [-0.2, -0.15) is 0 Å². The van der Waals surface area contributed by atoms with Gasteiger partial charge in [0.1, 0.15) is 11.5 Å². The maximum Gasteiger partial charge on any atom is 0.134 e. The van der Waals surface area contributed by atoms with Crippen molar-refractivity contribution >= 4 is 17.0 Å². The molecular weight excluding hydrogens is 703 g/mol. The summed E-state index contributed by atoms with van der Waals surface area (Å²) in [6.07, 6.45) is 1.96. The number of hydrogen-bond donors (Lipinski definition) is 0. The van der Waals surface area contributed by atoms with Gasteiger partial charge in [0.05, 0.1) is 16.8 Å². The van der Waals surface area contributed by atoms with Gasteiger partial charge in [-0.25, -0.2) is 4.99 Å². The summed E-state index contributed by atoms with van der Waals surface area (Å²) in [5.74, 6) is 1.71. The summed E-state index contributed by atoms with van der Waals surface area (Å²) < 4.78 is 6.83. The van der Waals surface area contributed by atoms with Crippen LogP contribution >= 0.6 is 0 Å². The van der Waals surface area contributed by atoms with E-state index in [1.54, 1.807) is 0 Å². The van der Waals surface area contributed by atoms with Gasteiger partial charge in [-0.05, 0) is 86.7 Å². The number of nitrogens with zero attached hydrogens (tertiary/aromatic N) is 1. The van der Waals surface area contributed by atoms with Crippen LogP contribution in [0.1, 0.15) is 60.1 Å². The molecule has 0 aromatic heterocycles. The van der Waals surface area contributed by atoms with Crippen molar-refractivity contribution in [1.29, 1.82) is 0 Å². The number of aliphatic imine (C=N–C) groups is 1. The Kier molecular flexibility index (Phi) is 9.03. The SMILES string of the molecule is CCC/C(=C(/C)C(=Nc1ccc2c(c1)Oc1ccccc1C21c2ccccc2-c2ccccc21)c1ccccc1)c1ccc(-c2ccc(-c3ccccc3)cc2)cc1. The third-order valence-electron chi connectivity index (χ3n) is 12.0. The van der Waals surface area contributed by atoms with E-state index in [-0.39, 0.29) is 0 Å². The van der Waals surface area contributed by atoms with E-state index < -0.39 is 5.41 Å². The highest BCUT2D eigenvalue weighted by Crippen LogP contribution is 2.62. The molecule has 1 spiro atoms. The lowest BCUT2D eigenvalue weighted by molar-refractivity contribution is 0.436. The number of hydrogen-bond acceptors (Lipinski definition) is 2. The molecule has 1 aliphatic carbocycles. The van der Waals surface area contributed by atoms with Crippen molar-refractivity contribution in [2.45, 2.75) is 32.1 Å². The Labute approximate surface area is 341 Å². The highest BCUT2D eigenvalue weighted by Gasteiger charge is 2.50. The summed E-state index contributed by atoms with van der Waals surface area (Å²) in [7, 11) is 0. The van der Waals surface area contributed by atoms with Gasteiger partial charge >= 0.3 is 0 Å². The van der Waals surface area contributed by atoms with Crippen LogP contribution in [0.2, 0.25) is 0 Å². The molecular formula is C56H43NO. The van der Waals surface area contributed by atoms with E-state index in [0.29, 0.717) is 0 Å². The summed E-state index contributed by atoms with van der Waals surface area (Å²) in [5.41, 5.74) is 18.4. The van der Waals surface area contributed by atoms with Crippen molar-refractivity contribution in [3.05, 3.63) is 239 Å². The summed E-state index contributed by atoms with van der Waals surface area (Å²) >= 11 is 0. The van der Waals surface area contributed by atoms with Crippen molar-refractivity contribution in [2.75, 3.05) is 0 Å². The average Bonchev–Trinajstić information content (AvgIpc) is 3.58.